The molecule has 1 aromatic carbocycles. The number of aryl methyl sites for hydroxylation is 1. The fraction of sp³-hybridized carbons (Fsp3) is 0.353. The molecule has 0 aliphatic heterocycles. The molecule has 3 N–H and O–H groups in total. The van der Waals surface area contributed by atoms with Crippen LogP contribution in [0.5, 0.6) is 11.5 Å². The predicted octanol–water partition coefficient (Wildman–Crippen LogP) is 2.85. The van der Waals surface area contributed by atoms with E-state index in [-0.39, 0.29) is 5.91 Å². The van der Waals surface area contributed by atoms with Crippen LogP contribution >= 0.6 is 11.3 Å². The second-order valence-corrected chi connectivity index (χ2v) is 6.17. The van der Waals surface area contributed by atoms with Gasteiger partial charge in [-0.3, -0.25) is 4.79 Å². The number of nitrogens with two attached hydrogens (primary N) is 1. The van der Waals surface area contributed by atoms with Gasteiger partial charge in [-0.15, -0.1) is 0 Å². The minimum Gasteiger partial charge on any atom is -0.493 e. The molecule has 1 aromatic heterocycles. The number of ether oxygens (including phenoxy) is 2. The van der Waals surface area contributed by atoms with Crippen LogP contribution in [-0.4, -0.2) is 30.8 Å². The maximum Gasteiger partial charge on any atom is 0.283 e. The first kappa shape index (κ1) is 18.7. The summed E-state index contributed by atoms with van der Waals surface area (Å²) in [5, 5.41) is 4.36. The second-order valence-electron chi connectivity index (χ2n) is 5.14. The minimum atomic E-state index is -0.322. The Kier molecular flexibility index (Phi) is 6.76. The smallest absolute Gasteiger partial charge is 0.283 e. The SMILES string of the molecule is CCCOc1ccc(C=NNC(=O)c2sc(N)nc2CC)cc1OC. The van der Waals surface area contributed by atoms with Gasteiger partial charge in [-0.1, -0.05) is 25.2 Å². The van der Waals surface area contributed by atoms with E-state index in [4.69, 9.17) is 15.2 Å². The molecule has 0 aliphatic carbocycles. The molecule has 0 atom stereocenters. The average Bonchev–Trinajstić information content (AvgIpc) is 3.01. The third-order valence-corrected chi connectivity index (χ3v) is 4.21. The molecule has 0 spiro atoms. The minimum absolute atomic E-state index is 0.322. The lowest BCUT2D eigenvalue weighted by Gasteiger charge is -2.10. The van der Waals surface area contributed by atoms with Crippen molar-refractivity contribution in [2.24, 2.45) is 5.10 Å². The van der Waals surface area contributed by atoms with E-state index >= 15 is 0 Å². The molecule has 0 aliphatic rings. The Hall–Kier alpha value is -2.61. The van der Waals surface area contributed by atoms with E-state index in [0.29, 0.717) is 40.2 Å². The number of hydrogen-bond acceptors (Lipinski definition) is 7. The van der Waals surface area contributed by atoms with E-state index < -0.39 is 0 Å². The van der Waals surface area contributed by atoms with Crippen LogP contribution in [0, 0.1) is 0 Å². The highest BCUT2D eigenvalue weighted by Crippen LogP contribution is 2.27. The highest BCUT2D eigenvalue weighted by atomic mass is 32.1. The van der Waals surface area contributed by atoms with Gasteiger partial charge in [0.2, 0.25) is 0 Å². The number of rotatable bonds is 8. The Morgan fingerprint density at radius 2 is 2.20 bits per heavy atom. The standard InChI is InChI=1S/C17H22N4O3S/c1-4-8-24-13-7-6-11(9-14(13)23-3)10-19-21-16(22)15-12(5-2)20-17(18)25-15/h6-7,9-10H,4-5,8H2,1-3H3,(H2,18,20)(H,21,22). The Bertz CT molecular complexity index is 758. The molecule has 2 rings (SSSR count). The van der Waals surface area contributed by atoms with Crippen LogP contribution in [0.15, 0.2) is 23.3 Å². The van der Waals surface area contributed by atoms with Crippen LogP contribution in [0.2, 0.25) is 0 Å². The van der Waals surface area contributed by atoms with Gasteiger partial charge in [0.05, 0.1) is 25.6 Å². The molecule has 0 bridgehead atoms. The monoisotopic (exact) mass is 362 g/mol. The fourth-order valence-corrected chi connectivity index (χ4v) is 2.91. The summed E-state index contributed by atoms with van der Waals surface area (Å²) in [6, 6.07) is 5.45. The van der Waals surface area contributed by atoms with Crippen molar-refractivity contribution < 1.29 is 14.3 Å². The van der Waals surface area contributed by atoms with Crippen molar-refractivity contribution in [3.05, 3.63) is 34.3 Å². The molecule has 0 saturated carbocycles. The van der Waals surface area contributed by atoms with Crippen LogP contribution in [-0.2, 0) is 6.42 Å². The third-order valence-electron chi connectivity index (χ3n) is 3.28. The number of anilines is 1. The molecule has 0 saturated heterocycles. The van der Waals surface area contributed by atoms with Crippen molar-refractivity contribution >= 4 is 28.6 Å². The van der Waals surface area contributed by atoms with Gasteiger partial charge >= 0.3 is 0 Å². The van der Waals surface area contributed by atoms with Gasteiger partial charge in [0.25, 0.3) is 5.91 Å². The lowest BCUT2D eigenvalue weighted by atomic mass is 10.2. The first-order valence-corrected chi connectivity index (χ1v) is 8.80. The van der Waals surface area contributed by atoms with E-state index in [0.717, 1.165) is 23.3 Å². The lowest BCUT2D eigenvalue weighted by Crippen LogP contribution is -2.17. The van der Waals surface area contributed by atoms with Gasteiger partial charge < -0.3 is 15.2 Å². The Morgan fingerprint density at radius 3 is 2.88 bits per heavy atom. The summed E-state index contributed by atoms with van der Waals surface area (Å²) < 4.78 is 10.9. The first-order chi connectivity index (χ1) is 12.1. The van der Waals surface area contributed by atoms with E-state index in [1.54, 1.807) is 19.4 Å². The quantitative estimate of drug-likeness (QED) is 0.556. The van der Waals surface area contributed by atoms with E-state index in [1.165, 1.54) is 0 Å². The molecule has 25 heavy (non-hydrogen) atoms. The fourth-order valence-electron chi connectivity index (χ4n) is 2.10. The molecule has 134 valence electrons. The number of nitrogens with one attached hydrogen (secondary N) is 1. The summed E-state index contributed by atoms with van der Waals surface area (Å²) in [6.07, 6.45) is 3.09. The molecule has 7 nitrogen and oxygen atoms in total. The number of amides is 1. The van der Waals surface area contributed by atoms with E-state index in [1.807, 2.05) is 26.0 Å². The van der Waals surface area contributed by atoms with Gasteiger partial charge in [0.1, 0.15) is 4.88 Å². The molecule has 0 radical (unpaired) electrons. The number of methoxy groups -OCH3 is 1. The third kappa shape index (κ3) is 4.93. The first-order valence-electron chi connectivity index (χ1n) is 7.98. The summed E-state index contributed by atoms with van der Waals surface area (Å²) in [5.74, 6) is 0.975. The van der Waals surface area contributed by atoms with Crippen molar-refractivity contribution in [3.63, 3.8) is 0 Å². The number of hydrazone groups is 1. The maximum atomic E-state index is 12.2. The zero-order valence-electron chi connectivity index (χ0n) is 14.5. The zero-order valence-corrected chi connectivity index (χ0v) is 15.4. The van der Waals surface area contributed by atoms with Crippen LogP contribution in [0.25, 0.3) is 0 Å². The topological polar surface area (TPSA) is 98.8 Å². The summed E-state index contributed by atoms with van der Waals surface area (Å²) in [6.45, 7) is 4.58. The number of hydrogen-bond donors (Lipinski definition) is 2. The Labute approximate surface area is 150 Å². The second kappa shape index (κ2) is 9.03. The number of aromatic nitrogens is 1. The van der Waals surface area contributed by atoms with Crippen LogP contribution < -0.4 is 20.6 Å². The molecule has 8 heteroatoms. The number of nitrogens with zero attached hydrogens (tertiary/aromatic N) is 2. The molecule has 1 heterocycles. The van der Waals surface area contributed by atoms with Gasteiger partial charge in [-0.25, -0.2) is 10.4 Å². The number of carbonyl (C=O) groups excluding carboxylic acids is 1. The van der Waals surface area contributed by atoms with Crippen molar-refractivity contribution in [2.75, 3.05) is 19.5 Å². The molecular weight excluding hydrogens is 340 g/mol. The van der Waals surface area contributed by atoms with Crippen molar-refractivity contribution in [1.82, 2.24) is 10.4 Å². The Morgan fingerprint density at radius 1 is 1.40 bits per heavy atom. The zero-order chi connectivity index (χ0) is 18.2. The number of thiazole rings is 1. The maximum absolute atomic E-state index is 12.2. The Balaban J connectivity index is 2.05. The average molecular weight is 362 g/mol. The predicted molar refractivity (Wildman–Crippen MR) is 99.7 cm³/mol. The molecular formula is C17H22N4O3S. The number of nitrogen functional groups attached to an aromatic ring is 1. The number of carbonyl (C=O) groups is 1. The van der Waals surface area contributed by atoms with Crippen LogP contribution in [0.3, 0.4) is 0 Å². The summed E-state index contributed by atoms with van der Waals surface area (Å²) in [5.41, 5.74) is 9.61. The van der Waals surface area contributed by atoms with Crippen molar-refractivity contribution in [2.45, 2.75) is 26.7 Å². The van der Waals surface area contributed by atoms with Gasteiger partial charge in [-0.2, -0.15) is 5.10 Å². The van der Waals surface area contributed by atoms with Gasteiger partial charge in [-0.05, 0) is 36.6 Å². The highest BCUT2D eigenvalue weighted by molar-refractivity contribution is 7.17. The molecule has 1 amide bonds. The van der Waals surface area contributed by atoms with Crippen molar-refractivity contribution in [1.29, 1.82) is 0 Å². The lowest BCUT2D eigenvalue weighted by molar-refractivity contribution is 0.0958. The van der Waals surface area contributed by atoms with Crippen LogP contribution in [0.1, 0.15) is 41.2 Å². The van der Waals surface area contributed by atoms with E-state index in [9.17, 15) is 4.79 Å². The van der Waals surface area contributed by atoms with Crippen molar-refractivity contribution in [3.8, 4) is 11.5 Å². The van der Waals surface area contributed by atoms with Gasteiger partial charge in [0, 0.05) is 0 Å². The van der Waals surface area contributed by atoms with E-state index in [2.05, 4.69) is 15.5 Å². The summed E-state index contributed by atoms with van der Waals surface area (Å²) >= 11 is 1.15. The molecule has 0 fully saturated rings. The largest absolute Gasteiger partial charge is 0.493 e. The highest BCUT2D eigenvalue weighted by Gasteiger charge is 2.15. The molecule has 0 unspecified atom stereocenters. The normalized spacial score (nSPS) is 10.8. The van der Waals surface area contributed by atoms with Crippen LogP contribution in [0.4, 0.5) is 5.13 Å². The molecule has 2 aromatic rings. The summed E-state index contributed by atoms with van der Waals surface area (Å²) in [4.78, 5) is 16.8. The number of benzene rings is 1. The van der Waals surface area contributed by atoms with Gasteiger partial charge in [0.15, 0.2) is 16.6 Å². The summed E-state index contributed by atoms with van der Waals surface area (Å²) in [7, 11) is 1.58.